The number of nitrogens with one attached hydrogen (secondary N) is 2. The van der Waals surface area contributed by atoms with Gasteiger partial charge in [0.05, 0.1) is 6.04 Å². The number of likely N-dealkylation sites (N-methyl/N-ethyl adjacent to an activating group) is 1. The zero-order chi connectivity index (χ0) is 16.2. The molecule has 124 valence electrons. The van der Waals surface area contributed by atoms with Gasteiger partial charge in [0, 0.05) is 23.6 Å². The van der Waals surface area contributed by atoms with E-state index in [2.05, 4.69) is 53.4 Å². The number of aromatic amines is 1. The molecule has 5 heteroatoms. The van der Waals surface area contributed by atoms with Gasteiger partial charge in [-0.05, 0) is 49.2 Å². The molecule has 0 unspecified atom stereocenters. The van der Waals surface area contributed by atoms with Crippen molar-refractivity contribution in [1.29, 1.82) is 0 Å². The zero-order valence-corrected chi connectivity index (χ0v) is 13.9. The van der Waals surface area contributed by atoms with E-state index in [1.807, 2.05) is 0 Å². The van der Waals surface area contributed by atoms with E-state index in [0.717, 1.165) is 32.5 Å². The van der Waals surface area contributed by atoms with E-state index in [1.54, 1.807) is 0 Å². The van der Waals surface area contributed by atoms with Crippen molar-refractivity contribution in [3.05, 3.63) is 35.5 Å². The van der Waals surface area contributed by atoms with Crippen LogP contribution in [0.4, 0.5) is 4.79 Å². The summed E-state index contributed by atoms with van der Waals surface area (Å²) >= 11 is 0. The molecule has 1 aliphatic heterocycles. The Morgan fingerprint density at radius 2 is 2.13 bits per heavy atom. The molecule has 1 aliphatic rings. The van der Waals surface area contributed by atoms with Gasteiger partial charge in [0.1, 0.15) is 6.61 Å². The number of fused-ring (bicyclic) bond motifs is 1. The predicted octanol–water partition coefficient (Wildman–Crippen LogP) is 2.70. The van der Waals surface area contributed by atoms with Crippen LogP contribution in [0.25, 0.3) is 10.9 Å². The smallest absolute Gasteiger partial charge is 0.407 e. The SMILES string of the molecule is CCN(CC)CCc1c[nH]c2ccc(C[C@H]3COC(=O)N3)cc12. The van der Waals surface area contributed by atoms with Gasteiger partial charge in [0.2, 0.25) is 0 Å². The summed E-state index contributed by atoms with van der Waals surface area (Å²) < 4.78 is 4.96. The van der Waals surface area contributed by atoms with E-state index in [-0.39, 0.29) is 12.1 Å². The van der Waals surface area contributed by atoms with Gasteiger partial charge in [-0.15, -0.1) is 0 Å². The molecule has 2 N–H and O–H groups in total. The largest absolute Gasteiger partial charge is 0.447 e. The molecule has 2 aromatic rings. The summed E-state index contributed by atoms with van der Waals surface area (Å²) in [6.07, 6.45) is 3.67. The molecule has 3 rings (SSSR count). The molecule has 1 atom stereocenters. The molecule has 1 amide bonds. The fourth-order valence-electron chi connectivity index (χ4n) is 3.20. The zero-order valence-electron chi connectivity index (χ0n) is 13.9. The summed E-state index contributed by atoms with van der Waals surface area (Å²) in [6.45, 7) is 8.12. The second kappa shape index (κ2) is 7.04. The second-order valence-electron chi connectivity index (χ2n) is 6.11. The molecule has 0 spiro atoms. The number of nitrogens with zero attached hydrogens (tertiary/aromatic N) is 1. The molecule has 23 heavy (non-hydrogen) atoms. The topological polar surface area (TPSA) is 57.4 Å². The minimum atomic E-state index is -0.308. The van der Waals surface area contributed by atoms with Crippen molar-refractivity contribution < 1.29 is 9.53 Å². The maximum atomic E-state index is 11.1. The molecule has 5 nitrogen and oxygen atoms in total. The summed E-state index contributed by atoms with van der Waals surface area (Å²) in [6, 6.07) is 6.58. The van der Waals surface area contributed by atoms with Crippen LogP contribution >= 0.6 is 0 Å². The van der Waals surface area contributed by atoms with Crippen LogP contribution in [-0.4, -0.2) is 48.3 Å². The van der Waals surface area contributed by atoms with Gasteiger partial charge >= 0.3 is 6.09 Å². The van der Waals surface area contributed by atoms with Crippen LogP contribution < -0.4 is 5.32 Å². The Bertz CT molecular complexity index is 676. The van der Waals surface area contributed by atoms with E-state index >= 15 is 0 Å². The lowest BCUT2D eigenvalue weighted by molar-refractivity contribution is 0.177. The first-order valence-corrected chi connectivity index (χ1v) is 8.44. The lowest BCUT2D eigenvalue weighted by atomic mass is 10.0. The van der Waals surface area contributed by atoms with Gasteiger partial charge < -0.3 is 19.9 Å². The molecule has 1 fully saturated rings. The first kappa shape index (κ1) is 15.9. The quantitative estimate of drug-likeness (QED) is 0.826. The average molecular weight is 315 g/mol. The average Bonchev–Trinajstić information content (AvgIpc) is 3.15. The van der Waals surface area contributed by atoms with Gasteiger partial charge in [-0.2, -0.15) is 0 Å². The van der Waals surface area contributed by atoms with Crippen molar-refractivity contribution in [2.75, 3.05) is 26.2 Å². The van der Waals surface area contributed by atoms with E-state index in [4.69, 9.17) is 4.74 Å². The van der Waals surface area contributed by atoms with Crippen molar-refractivity contribution in [1.82, 2.24) is 15.2 Å². The van der Waals surface area contributed by atoms with Crippen molar-refractivity contribution in [2.45, 2.75) is 32.7 Å². The van der Waals surface area contributed by atoms with Crippen molar-refractivity contribution in [3.63, 3.8) is 0 Å². The second-order valence-corrected chi connectivity index (χ2v) is 6.11. The molecular formula is C18H25N3O2. The summed E-state index contributed by atoms with van der Waals surface area (Å²) in [5.74, 6) is 0. The Labute approximate surface area is 137 Å². The van der Waals surface area contributed by atoms with Gasteiger partial charge in [-0.25, -0.2) is 4.79 Å². The number of rotatable bonds is 7. The Balaban J connectivity index is 1.72. The number of ether oxygens (including phenoxy) is 1. The molecular weight excluding hydrogens is 290 g/mol. The van der Waals surface area contributed by atoms with Gasteiger partial charge in [-0.1, -0.05) is 19.9 Å². The van der Waals surface area contributed by atoms with Gasteiger partial charge in [0.15, 0.2) is 0 Å². The molecule has 0 saturated carbocycles. The van der Waals surface area contributed by atoms with E-state index < -0.39 is 0 Å². The Hall–Kier alpha value is -2.01. The summed E-state index contributed by atoms with van der Waals surface area (Å²) in [7, 11) is 0. The Morgan fingerprint density at radius 3 is 2.83 bits per heavy atom. The van der Waals surface area contributed by atoms with Crippen LogP contribution in [0.3, 0.4) is 0 Å². The predicted molar refractivity (Wildman–Crippen MR) is 91.8 cm³/mol. The Kier molecular flexibility index (Phi) is 4.86. The highest BCUT2D eigenvalue weighted by molar-refractivity contribution is 5.84. The normalized spacial score (nSPS) is 17.7. The number of aromatic nitrogens is 1. The van der Waals surface area contributed by atoms with Crippen LogP contribution in [0.5, 0.6) is 0 Å². The van der Waals surface area contributed by atoms with Crippen molar-refractivity contribution in [2.24, 2.45) is 0 Å². The van der Waals surface area contributed by atoms with E-state index in [1.165, 1.54) is 22.0 Å². The number of carbonyl (C=O) groups excluding carboxylic acids is 1. The standard InChI is InChI=1S/C18H25N3O2/c1-3-21(4-2)8-7-14-11-19-17-6-5-13(10-16(14)17)9-15-12-23-18(22)20-15/h5-6,10-11,15,19H,3-4,7-9,12H2,1-2H3,(H,20,22)/t15-/m0/s1. The number of benzene rings is 1. The third-order valence-electron chi connectivity index (χ3n) is 4.64. The van der Waals surface area contributed by atoms with Crippen molar-refractivity contribution in [3.8, 4) is 0 Å². The maximum Gasteiger partial charge on any atom is 0.407 e. The first-order valence-electron chi connectivity index (χ1n) is 8.44. The summed E-state index contributed by atoms with van der Waals surface area (Å²) in [5.41, 5.74) is 3.77. The van der Waals surface area contributed by atoms with Crippen LogP contribution in [0, 0.1) is 0 Å². The lowest BCUT2D eigenvalue weighted by Gasteiger charge is -2.17. The fraction of sp³-hybridized carbons (Fsp3) is 0.500. The Morgan fingerprint density at radius 1 is 1.30 bits per heavy atom. The van der Waals surface area contributed by atoms with E-state index in [9.17, 15) is 4.79 Å². The summed E-state index contributed by atoms with van der Waals surface area (Å²) in [5, 5.41) is 4.13. The summed E-state index contributed by atoms with van der Waals surface area (Å²) in [4.78, 5) is 16.9. The molecule has 1 aromatic carbocycles. The number of hydrogen-bond acceptors (Lipinski definition) is 3. The monoisotopic (exact) mass is 315 g/mol. The molecule has 1 saturated heterocycles. The molecule has 0 bridgehead atoms. The minimum Gasteiger partial charge on any atom is -0.447 e. The number of cyclic esters (lactones) is 1. The molecule has 0 aliphatic carbocycles. The van der Waals surface area contributed by atoms with E-state index in [0.29, 0.717) is 6.61 Å². The highest BCUT2D eigenvalue weighted by Crippen LogP contribution is 2.22. The number of amides is 1. The highest BCUT2D eigenvalue weighted by atomic mass is 16.6. The van der Waals surface area contributed by atoms with Crippen LogP contribution in [0.2, 0.25) is 0 Å². The van der Waals surface area contributed by atoms with Gasteiger partial charge in [0.25, 0.3) is 0 Å². The molecule has 0 radical (unpaired) electrons. The van der Waals surface area contributed by atoms with Crippen molar-refractivity contribution >= 4 is 17.0 Å². The van der Waals surface area contributed by atoms with Crippen LogP contribution in [0.1, 0.15) is 25.0 Å². The fourth-order valence-corrected chi connectivity index (χ4v) is 3.20. The molecule has 1 aromatic heterocycles. The first-order chi connectivity index (χ1) is 11.2. The van der Waals surface area contributed by atoms with Gasteiger partial charge in [-0.3, -0.25) is 0 Å². The highest BCUT2D eigenvalue weighted by Gasteiger charge is 2.22. The number of H-pyrrole nitrogens is 1. The number of alkyl carbamates (subject to hydrolysis) is 1. The number of hydrogen-bond donors (Lipinski definition) is 2. The third kappa shape index (κ3) is 3.67. The molecule has 2 heterocycles. The minimum absolute atomic E-state index is 0.0815. The number of carbonyl (C=O) groups is 1. The third-order valence-corrected chi connectivity index (χ3v) is 4.64. The maximum absolute atomic E-state index is 11.1. The van der Waals surface area contributed by atoms with Crippen LogP contribution in [0.15, 0.2) is 24.4 Å². The van der Waals surface area contributed by atoms with Crippen LogP contribution in [-0.2, 0) is 17.6 Å². The lowest BCUT2D eigenvalue weighted by Crippen LogP contribution is -2.28.